The first-order valence-corrected chi connectivity index (χ1v) is 26.0. The van der Waals surface area contributed by atoms with Gasteiger partial charge in [0.25, 0.3) is 0 Å². The number of thiophene rings is 1. The van der Waals surface area contributed by atoms with Gasteiger partial charge in [0.05, 0.1) is 48.0 Å². The third kappa shape index (κ3) is 10.6. The lowest BCUT2D eigenvalue weighted by Gasteiger charge is -2.38. The highest BCUT2D eigenvalue weighted by atomic mass is 32.1. The molecule has 0 bridgehead atoms. The van der Waals surface area contributed by atoms with Gasteiger partial charge in [0.1, 0.15) is 29.3 Å². The van der Waals surface area contributed by atoms with Crippen LogP contribution >= 0.6 is 51.8 Å². The van der Waals surface area contributed by atoms with E-state index in [-0.39, 0.29) is 90.5 Å². The molecule has 2 N–H and O–H groups in total. The van der Waals surface area contributed by atoms with Crippen LogP contribution in [0.5, 0.6) is 5.75 Å². The van der Waals surface area contributed by atoms with Crippen LogP contribution < -0.4 is 15.4 Å². The number of rotatable bonds is 12. The Kier molecular flexibility index (Phi) is 16.9. The van der Waals surface area contributed by atoms with Gasteiger partial charge in [0.15, 0.2) is 0 Å². The van der Waals surface area contributed by atoms with Crippen LogP contribution in [0, 0.1) is 11.7 Å². The summed E-state index contributed by atoms with van der Waals surface area (Å²) in [7, 11) is 2.47. The third-order valence-electron chi connectivity index (χ3n) is 15.5. The number of aliphatic imine (C=N–C) groups is 2. The molecule has 402 valence electrons. The van der Waals surface area contributed by atoms with Crippen LogP contribution in [0.15, 0.2) is 70.9 Å². The van der Waals surface area contributed by atoms with Gasteiger partial charge < -0.3 is 39.4 Å². The molecule has 0 spiro atoms. The van der Waals surface area contributed by atoms with Crippen LogP contribution in [0.1, 0.15) is 111 Å². The van der Waals surface area contributed by atoms with Gasteiger partial charge in [-0.1, -0.05) is 19.9 Å². The van der Waals surface area contributed by atoms with Crippen molar-refractivity contribution in [3.63, 3.8) is 0 Å². The first-order chi connectivity index (χ1) is 34.8. The fourth-order valence-corrected chi connectivity index (χ4v) is 12.7. The second-order valence-electron chi connectivity index (χ2n) is 20.3. The van der Waals surface area contributed by atoms with Crippen molar-refractivity contribution in [3.05, 3.63) is 87.6 Å². The molecule has 0 radical (unpaired) electrons. The zero-order chi connectivity index (χ0) is 50.0. The van der Waals surface area contributed by atoms with Gasteiger partial charge in [0, 0.05) is 86.1 Å². The Morgan fingerprint density at radius 3 is 2.01 bits per heavy atom. The molecule has 3 saturated heterocycles. The highest BCUT2D eigenvalue weighted by Gasteiger charge is 2.50. The third-order valence-corrected chi connectivity index (χ3v) is 16.8. The van der Waals surface area contributed by atoms with Crippen LogP contribution in [0.2, 0.25) is 0 Å². The molecule has 75 heavy (non-hydrogen) atoms. The van der Waals surface area contributed by atoms with Crippen LogP contribution in [-0.2, 0) is 23.8 Å². The minimum absolute atomic E-state index is 0. The monoisotopic (exact) mass is 1110 g/mol. The van der Waals surface area contributed by atoms with E-state index < -0.39 is 47.9 Å². The van der Waals surface area contributed by atoms with E-state index in [4.69, 9.17) is 28.9 Å². The number of fused-ring (bicyclic) bond motifs is 5. The van der Waals surface area contributed by atoms with E-state index in [1.54, 1.807) is 33.4 Å². The second-order valence-corrected chi connectivity index (χ2v) is 21.5. The van der Waals surface area contributed by atoms with Crippen LogP contribution in [0.4, 0.5) is 18.4 Å². The van der Waals surface area contributed by atoms with Gasteiger partial charge in [-0.3, -0.25) is 24.1 Å². The molecule has 6 aliphatic heterocycles. The van der Waals surface area contributed by atoms with Crippen molar-refractivity contribution in [2.75, 3.05) is 40.5 Å². The number of alkyl halides is 1. The summed E-state index contributed by atoms with van der Waals surface area (Å²) in [6, 6.07) is 13.2. The summed E-state index contributed by atoms with van der Waals surface area (Å²) in [4.78, 5) is 68.1. The number of likely N-dealkylation sites (tertiary alicyclic amines) is 2. The average Bonchev–Trinajstić information content (AvgIpc) is 4.11. The van der Waals surface area contributed by atoms with Crippen LogP contribution in [-0.4, -0.2) is 120 Å². The van der Waals surface area contributed by atoms with Crippen LogP contribution in [0.3, 0.4) is 0 Å². The SMILES string of the molecule is COC(=O)NC(C(=O)N1CCC[C@H]1C1=NC=C(c2ccc3c(c2)cc2n3C(c3ccc(C4CC4)s3)Oc3cc(C4=CN=C([C@@H]5CCCN5C(=O)[C@@H](NC(=O)OC)C(C)C)C4)cc(F)c3-2)C1)C1(F)CCOCC1.S.S.S. The molecule has 15 nitrogen and oxygen atoms in total. The second kappa shape index (κ2) is 22.7. The number of carbonyl (C=O) groups is 4. The molecule has 1 aliphatic carbocycles. The normalized spacial score (nSPS) is 22.2. The molecule has 2 aromatic heterocycles. The summed E-state index contributed by atoms with van der Waals surface area (Å²) in [6.45, 7) is 5.02. The van der Waals surface area contributed by atoms with E-state index in [0.717, 1.165) is 69.6 Å². The average molecular weight is 1110 g/mol. The van der Waals surface area contributed by atoms with Crippen molar-refractivity contribution in [2.45, 2.75) is 120 Å². The van der Waals surface area contributed by atoms with E-state index in [2.05, 4.69) is 33.4 Å². The van der Waals surface area contributed by atoms with Gasteiger partial charge in [-0.15, -0.1) is 11.3 Å². The minimum Gasteiger partial charge on any atom is -0.464 e. The van der Waals surface area contributed by atoms with Gasteiger partial charge in [-0.2, -0.15) is 40.5 Å². The topological polar surface area (TPSA) is 165 Å². The zero-order valence-electron chi connectivity index (χ0n) is 42.4. The number of halogens is 2. The van der Waals surface area contributed by atoms with E-state index in [9.17, 15) is 19.2 Å². The number of methoxy groups -OCH3 is 2. The number of alkyl carbamates (subject to hydrolysis) is 2. The van der Waals surface area contributed by atoms with Gasteiger partial charge in [0.2, 0.25) is 18.0 Å². The van der Waals surface area contributed by atoms with Crippen molar-refractivity contribution in [1.29, 1.82) is 0 Å². The fraction of sp³-hybridized carbons (Fsp3) is 0.481. The van der Waals surface area contributed by atoms with Crippen LogP contribution in [0.25, 0.3) is 33.3 Å². The molecule has 4 aromatic rings. The maximum Gasteiger partial charge on any atom is 0.407 e. The Bertz CT molecular complexity index is 3000. The largest absolute Gasteiger partial charge is 0.464 e. The molecule has 7 aliphatic rings. The summed E-state index contributed by atoms with van der Waals surface area (Å²) in [5.41, 5.74) is 4.93. The highest BCUT2D eigenvalue weighted by Crippen LogP contribution is 2.50. The molecule has 8 heterocycles. The smallest absolute Gasteiger partial charge is 0.407 e. The number of allylic oxidation sites excluding steroid dienone is 2. The van der Waals surface area contributed by atoms with Crippen molar-refractivity contribution < 1.29 is 46.9 Å². The summed E-state index contributed by atoms with van der Waals surface area (Å²) in [5, 5.41) is 6.12. The van der Waals surface area contributed by atoms with Crippen molar-refractivity contribution in [3.8, 4) is 17.0 Å². The number of aromatic nitrogens is 1. The molecule has 4 amide bonds. The molecule has 11 rings (SSSR count). The Hall–Kier alpha value is -5.35. The number of hydrogen-bond acceptors (Lipinski definition) is 11. The van der Waals surface area contributed by atoms with Crippen molar-refractivity contribution in [2.24, 2.45) is 15.9 Å². The lowest BCUT2D eigenvalue weighted by Crippen LogP contribution is -2.61. The molecular formula is C54H65F2N7O8S4. The Morgan fingerprint density at radius 2 is 1.39 bits per heavy atom. The standard InChI is InChI=1S/C54H59F2N7O8S.3H2S/c1-29(2)47(59-52(66)68-3)49(64)61-17-5-7-40(61)38-24-35(28-58-38)32-22-36(55)46-42-25-33-21-31(11-12-39(33)63(42)51(71-43(46)26-32)45-14-13-44(72-45)30-9-10-30)34-23-37(57-27-34)41-8-6-18-62(41)50(65)48(60-53(67)69-4)54(56)15-19-70-20-16-54;;;/h11-14,21-22,25-30,40-41,47-48,51H,5-10,15-20,23-24H2,1-4H3,(H,59,66)(H,60,67);3*1H2/t40-,41-,47-,48?,51?;;;/m0.../s1. The number of nitrogens with one attached hydrogen (secondary N) is 2. The molecule has 21 heteroatoms. The summed E-state index contributed by atoms with van der Waals surface area (Å²) < 4.78 is 57.5. The molecule has 2 aromatic carbocycles. The lowest BCUT2D eigenvalue weighted by atomic mass is 9.87. The maximum absolute atomic E-state index is 17.0. The van der Waals surface area contributed by atoms with Crippen molar-refractivity contribution in [1.82, 2.24) is 25.0 Å². The van der Waals surface area contributed by atoms with Gasteiger partial charge in [-0.05, 0) is 115 Å². The van der Waals surface area contributed by atoms with Gasteiger partial charge >= 0.3 is 12.2 Å². The summed E-state index contributed by atoms with van der Waals surface area (Å²) in [5.74, 6) is -0.284. The zero-order valence-corrected chi connectivity index (χ0v) is 46.2. The summed E-state index contributed by atoms with van der Waals surface area (Å²) in [6.07, 6.45) is 7.60. The minimum atomic E-state index is -1.98. The first-order valence-electron chi connectivity index (χ1n) is 25.2. The lowest BCUT2D eigenvalue weighted by molar-refractivity contribution is -0.140. The Morgan fingerprint density at radius 1 is 0.773 bits per heavy atom. The number of carbonyl (C=O) groups excluding carboxylic acids is 4. The van der Waals surface area contributed by atoms with E-state index >= 15 is 8.78 Å². The predicted octanol–water partition coefficient (Wildman–Crippen LogP) is 9.64. The highest BCUT2D eigenvalue weighted by molar-refractivity contribution is 7.59. The maximum atomic E-state index is 17.0. The predicted molar refractivity (Wildman–Crippen MR) is 300 cm³/mol. The number of ether oxygens (including phenoxy) is 4. The van der Waals surface area contributed by atoms with Crippen molar-refractivity contribution >= 4 is 109 Å². The molecule has 1 saturated carbocycles. The molecule has 2 unspecified atom stereocenters. The first kappa shape index (κ1) is 55.9. The Balaban J connectivity index is 0.00000249. The van der Waals surface area contributed by atoms with E-state index in [1.165, 1.54) is 19.1 Å². The molecule has 5 atom stereocenters. The quantitative estimate of drug-likeness (QED) is 0.142. The number of nitrogens with zero attached hydrogens (tertiary/aromatic N) is 5. The fourth-order valence-electron chi connectivity index (χ4n) is 11.5. The number of hydrogen-bond donors (Lipinski definition) is 2. The molecule has 4 fully saturated rings. The number of benzene rings is 2. The van der Waals surface area contributed by atoms with Gasteiger partial charge in [-0.25, -0.2) is 18.4 Å². The Labute approximate surface area is 459 Å². The molecular weight excluding hydrogens is 1040 g/mol. The van der Waals surface area contributed by atoms with E-state index in [0.29, 0.717) is 67.3 Å². The van der Waals surface area contributed by atoms with E-state index in [1.807, 2.05) is 44.3 Å². The summed E-state index contributed by atoms with van der Waals surface area (Å²) >= 11 is 1.73. The number of amides is 4.